The first kappa shape index (κ1) is 17.4. The van der Waals surface area contributed by atoms with Crippen LogP contribution in [0.25, 0.3) is 0 Å². The van der Waals surface area contributed by atoms with Gasteiger partial charge in [0.1, 0.15) is 0 Å². The molecular weight excluding hydrogens is 340 g/mol. The lowest BCUT2D eigenvalue weighted by Crippen LogP contribution is -2.26. The first-order valence-electron chi connectivity index (χ1n) is 6.54. The van der Waals surface area contributed by atoms with Gasteiger partial charge < -0.3 is 5.32 Å². The highest BCUT2D eigenvalue weighted by atomic mass is 35.5. The lowest BCUT2D eigenvalue weighted by atomic mass is 10.2. The SMILES string of the molecule is CON(C)S(=O)(=O)c1cccc(C(=O)Nc2ccc(Cl)cc2)c1. The third-order valence-corrected chi connectivity index (χ3v) is 5.02. The second kappa shape index (κ2) is 7.10. The molecule has 122 valence electrons. The molecule has 0 saturated heterocycles. The second-order valence-electron chi connectivity index (χ2n) is 4.59. The number of carbonyl (C=O) groups excluding carboxylic acids is 1. The maximum Gasteiger partial charge on any atom is 0.264 e. The molecule has 2 aromatic carbocycles. The van der Waals surface area contributed by atoms with Crippen molar-refractivity contribution < 1.29 is 18.0 Å². The number of hydrogen-bond donors (Lipinski definition) is 1. The number of hydrogen-bond acceptors (Lipinski definition) is 4. The molecule has 23 heavy (non-hydrogen) atoms. The van der Waals surface area contributed by atoms with Gasteiger partial charge in [-0.2, -0.15) is 0 Å². The van der Waals surface area contributed by atoms with E-state index in [1.807, 2.05) is 0 Å². The Hall–Kier alpha value is -1.93. The number of amides is 1. The zero-order chi connectivity index (χ0) is 17.0. The Morgan fingerprint density at radius 3 is 2.43 bits per heavy atom. The first-order chi connectivity index (χ1) is 10.8. The molecule has 0 spiro atoms. The lowest BCUT2D eigenvalue weighted by molar-refractivity contribution is -0.0258. The fourth-order valence-corrected chi connectivity index (χ4v) is 2.93. The topological polar surface area (TPSA) is 75.7 Å². The molecule has 2 rings (SSSR count). The van der Waals surface area contributed by atoms with Gasteiger partial charge in [0.05, 0.1) is 12.0 Å². The predicted octanol–water partition coefficient (Wildman–Crippen LogP) is 2.77. The van der Waals surface area contributed by atoms with Crippen molar-refractivity contribution in [2.45, 2.75) is 4.90 Å². The van der Waals surface area contributed by atoms with E-state index >= 15 is 0 Å². The van der Waals surface area contributed by atoms with Gasteiger partial charge in [-0.05, 0) is 42.5 Å². The Labute approximate surface area is 139 Å². The average molecular weight is 355 g/mol. The van der Waals surface area contributed by atoms with Crippen molar-refractivity contribution >= 4 is 33.2 Å². The van der Waals surface area contributed by atoms with Crippen molar-refractivity contribution in [1.29, 1.82) is 0 Å². The van der Waals surface area contributed by atoms with Crippen LogP contribution >= 0.6 is 11.6 Å². The quantitative estimate of drug-likeness (QED) is 0.838. The van der Waals surface area contributed by atoms with Gasteiger partial charge in [-0.25, -0.2) is 8.42 Å². The minimum Gasteiger partial charge on any atom is -0.322 e. The van der Waals surface area contributed by atoms with Gasteiger partial charge in [0.25, 0.3) is 15.9 Å². The van der Waals surface area contributed by atoms with Crippen molar-refractivity contribution in [1.82, 2.24) is 4.47 Å². The summed E-state index contributed by atoms with van der Waals surface area (Å²) in [5.74, 6) is -0.426. The van der Waals surface area contributed by atoms with E-state index in [4.69, 9.17) is 16.4 Å². The number of halogens is 1. The molecule has 0 fully saturated rings. The summed E-state index contributed by atoms with van der Waals surface area (Å²) in [6, 6.07) is 12.3. The smallest absolute Gasteiger partial charge is 0.264 e. The largest absolute Gasteiger partial charge is 0.322 e. The molecule has 1 amide bonds. The van der Waals surface area contributed by atoms with E-state index in [9.17, 15) is 13.2 Å². The van der Waals surface area contributed by atoms with Crippen molar-refractivity contribution in [2.24, 2.45) is 0 Å². The van der Waals surface area contributed by atoms with E-state index in [1.54, 1.807) is 24.3 Å². The molecule has 0 saturated carbocycles. The summed E-state index contributed by atoms with van der Waals surface area (Å²) in [5, 5.41) is 3.22. The number of nitrogens with one attached hydrogen (secondary N) is 1. The molecule has 8 heteroatoms. The summed E-state index contributed by atoms with van der Waals surface area (Å²) in [4.78, 5) is 16.9. The van der Waals surface area contributed by atoms with Crippen LogP contribution in [0.15, 0.2) is 53.4 Å². The fourth-order valence-electron chi connectivity index (χ4n) is 1.78. The second-order valence-corrected chi connectivity index (χ2v) is 6.96. The molecule has 0 aliphatic heterocycles. The maximum absolute atomic E-state index is 12.2. The Balaban J connectivity index is 2.25. The van der Waals surface area contributed by atoms with E-state index in [0.717, 1.165) is 4.47 Å². The molecule has 6 nitrogen and oxygen atoms in total. The lowest BCUT2D eigenvalue weighted by Gasteiger charge is -2.14. The number of benzene rings is 2. The number of anilines is 1. The zero-order valence-electron chi connectivity index (χ0n) is 12.5. The Kier molecular flexibility index (Phi) is 5.38. The molecule has 0 aliphatic rings. The molecule has 2 aromatic rings. The van der Waals surface area contributed by atoms with Gasteiger partial charge in [-0.3, -0.25) is 9.63 Å². The number of carbonyl (C=O) groups is 1. The monoisotopic (exact) mass is 354 g/mol. The molecule has 0 unspecified atom stereocenters. The van der Waals surface area contributed by atoms with Crippen LogP contribution in [-0.4, -0.2) is 33.0 Å². The van der Waals surface area contributed by atoms with Crippen LogP contribution in [0.2, 0.25) is 5.02 Å². The van der Waals surface area contributed by atoms with Gasteiger partial charge in [-0.1, -0.05) is 22.1 Å². The van der Waals surface area contributed by atoms with Crippen LogP contribution < -0.4 is 5.32 Å². The molecule has 0 heterocycles. The first-order valence-corrected chi connectivity index (χ1v) is 8.36. The number of rotatable bonds is 5. The van der Waals surface area contributed by atoms with E-state index in [2.05, 4.69) is 5.32 Å². The van der Waals surface area contributed by atoms with Gasteiger partial charge in [0.15, 0.2) is 0 Å². The van der Waals surface area contributed by atoms with E-state index < -0.39 is 15.9 Å². The van der Waals surface area contributed by atoms with Crippen LogP contribution in [0.5, 0.6) is 0 Å². The van der Waals surface area contributed by atoms with Gasteiger partial charge in [0.2, 0.25) is 0 Å². The molecule has 0 bridgehead atoms. The third kappa shape index (κ3) is 4.08. The van der Waals surface area contributed by atoms with Crippen LogP contribution in [0.4, 0.5) is 5.69 Å². The van der Waals surface area contributed by atoms with Crippen molar-refractivity contribution in [3.8, 4) is 0 Å². The van der Waals surface area contributed by atoms with Crippen molar-refractivity contribution in [3.05, 3.63) is 59.1 Å². The van der Waals surface area contributed by atoms with Crippen LogP contribution in [0.1, 0.15) is 10.4 Å². The van der Waals surface area contributed by atoms with Crippen molar-refractivity contribution in [3.63, 3.8) is 0 Å². The summed E-state index contributed by atoms with van der Waals surface area (Å²) in [7, 11) is -1.29. The zero-order valence-corrected chi connectivity index (χ0v) is 14.1. The normalized spacial score (nSPS) is 11.5. The Bertz CT molecular complexity index is 806. The Morgan fingerprint density at radius 1 is 1.17 bits per heavy atom. The summed E-state index contributed by atoms with van der Waals surface area (Å²) in [5.41, 5.74) is 0.771. The summed E-state index contributed by atoms with van der Waals surface area (Å²) >= 11 is 5.78. The van der Waals surface area contributed by atoms with Gasteiger partial charge in [-0.15, -0.1) is 0 Å². The standard InChI is InChI=1S/C15H15ClN2O4S/c1-18(22-2)23(20,21)14-5-3-4-11(10-14)15(19)17-13-8-6-12(16)7-9-13/h3-10H,1-2H3,(H,17,19). The molecule has 0 atom stereocenters. The summed E-state index contributed by atoms with van der Waals surface area (Å²) < 4.78 is 25.1. The third-order valence-electron chi connectivity index (χ3n) is 3.09. The van der Waals surface area contributed by atoms with Crippen molar-refractivity contribution in [2.75, 3.05) is 19.5 Å². The highest BCUT2D eigenvalue weighted by Gasteiger charge is 2.21. The minimum absolute atomic E-state index is 0.0365. The van der Waals surface area contributed by atoms with E-state index in [0.29, 0.717) is 10.7 Å². The molecule has 0 radical (unpaired) electrons. The number of hydroxylamine groups is 1. The summed E-state index contributed by atoms with van der Waals surface area (Å²) in [6.45, 7) is 0. The van der Waals surface area contributed by atoms with E-state index in [-0.39, 0.29) is 10.5 Å². The fraction of sp³-hybridized carbons (Fsp3) is 0.133. The van der Waals surface area contributed by atoms with Crippen LogP contribution in [0, 0.1) is 0 Å². The van der Waals surface area contributed by atoms with Crippen LogP contribution in [-0.2, 0) is 14.9 Å². The molecule has 1 N–H and O–H groups in total. The number of sulfonamides is 1. The molecular formula is C15H15ClN2O4S. The predicted molar refractivity (Wildman–Crippen MR) is 87.8 cm³/mol. The van der Waals surface area contributed by atoms with Gasteiger partial charge >= 0.3 is 0 Å². The maximum atomic E-state index is 12.2. The molecule has 0 aliphatic carbocycles. The van der Waals surface area contributed by atoms with Crippen LogP contribution in [0.3, 0.4) is 0 Å². The summed E-state index contributed by atoms with van der Waals surface area (Å²) in [6.07, 6.45) is 0. The number of nitrogens with zero attached hydrogens (tertiary/aromatic N) is 1. The highest BCUT2D eigenvalue weighted by molar-refractivity contribution is 7.89. The Morgan fingerprint density at radius 2 is 1.83 bits per heavy atom. The van der Waals surface area contributed by atoms with Gasteiger partial charge in [0, 0.05) is 23.3 Å². The highest BCUT2D eigenvalue weighted by Crippen LogP contribution is 2.18. The molecule has 0 aromatic heterocycles. The van der Waals surface area contributed by atoms with E-state index in [1.165, 1.54) is 38.4 Å². The average Bonchev–Trinajstić information content (AvgIpc) is 2.56. The minimum atomic E-state index is -3.81.